The quantitative estimate of drug-likeness (QED) is 0.686. The third-order valence-electron chi connectivity index (χ3n) is 2.77. The zero-order chi connectivity index (χ0) is 11.8. The van der Waals surface area contributed by atoms with E-state index in [2.05, 4.69) is 26.0 Å². The number of hydrogen-bond acceptors (Lipinski definition) is 2. The number of allylic oxidation sites excluding steroid dienone is 1. The molecule has 15 heavy (non-hydrogen) atoms. The van der Waals surface area contributed by atoms with Crippen molar-refractivity contribution in [3.63, 3.8) is 0 Å². The first-order valence-corrected chi connectivity index (χ1v) is 5.54. The molecule has 0 spiro atoms. The number of ether oxygens (including phenoxy) is 1. The molecule has 1 N–H and O–H groups in total. The molecule has 0 bridgehead atoms. The van der Waals surface area contributed by atoms with Crippen LogP contribution in [0.4, 0.5) is 0 Å². The van der Waals surface area contributed by atoms with Gasteiger partial charge in [0.1, 0.15) is 0 Å². The van der Waals surface area contributed by atoms with E-state index in [-0.39, 0.29) is 12.7 Å². The molecule has 0 heterocycles. The second-order valence-corrected chi connectivity index (χ2v) is 3.93. The summed E-state index contributed by atoms with van der Waals surface area (Å²) >= 11 is 0. The van der Waals surface area contributed by atoms with Gasteiger partial charge in [0.25, 0.3) is 0 Å². The summed E-state index contributed by atoms with van der Waals surface area (Å²) in [4.78, 5) is 0. The molecule has 0 aromatic carbocycles. The molecule has 0 saturated carbocycles. The highest BCUT2D eigenvalue weighted by atomic mass is 16.5. The molecule has 0 aliphatic carbocycles. The van der Waals surface area contributed by atoms with Gasteiger partial charge in [-0.15, -0.1) is 0 Å². The van der Waals surface area contributed by atoms with E-state index >= 15 is 0 Å². The molecule has 0 rings (SSSR count). The Kier molecular flexibility index (Phi) is 7.35. The number of aliphatic hydroxyl groups excluding tert-OH is 1. The van der Waals surface area contributed by atoms with Crippen LogP contribution in [0, 0.1) is 5.92 Å². The largest absolute Gasteiger partial charge is 0.392 e. The Bertz CT molecular complexity index is 229. The Morgan fingerprint density at radius 3 is 2.33 bits per heavy atom. The SMILES string of the molecule is C/C=C(\C)[C@H](OC)[C@H](/C=C(/C)CO)CC. The van der Waals surface area contributed by atoms with E-state index in [1.54, 1.807) is 7.11 Å². The van der Waals surface area contributed by atoms with E-state index in [9.17, 15) is 0 Å². The first-order chi connectivity index (χ1) is 7.10. The van der Waals surface area contributed by atoms with E-state index in [1.807, 2.05) is 13.8 Å². The van der Waals surface area contributed by atoms with Crippen LogP contribution in [0.25, 0.3) is 0 Å². The molecule has 0 aliphatic heterocycles. The zero-order valence-electron chi connectivity index (χ0n) is 10.6. The van der Waals surface area contributed by atoms with Crippen LogP contribution < -0.4 is 0 Å². The molecule has 0 aliphatic rings. The summed E-state index contributed by atoms with van der Waals surface area (Å²) < 4.78 is 5.51. The number of aliphatic hydroxyl groups is 1. The summed E-state index contributed by atoms with van der Waals surface area (Å²) in [5.74, 6) is 0.346. The maximum atomic E-state index is 9.01. The van der Waals surface area contributed by atoms with Crippen molar-refractivity contribution in [3.05, 3.63) is 23.3 Å². The maximum absolute atomic E-state index is 9.01. The second kappa shape index (κ2) is 7.66. The van der Waals surface area contributed by atoms with E-state index < -0.39 is 0 Å². The summed E-state index contributed by atoms with van der Waals surface area (Å²) in [5.41, 5.74) is 2.25. The first-order valence-electron chi connectivity index (χ1n) is 5.54. The predicted molar refractivity (Wildman–Crippen MR) is 64.9 cm³/mol. The van der Waals surface area contributed by atoms with Crippen LogP contribution in [0.2, 0.25) is 0 Å². The molecule has 0 radical (unpaired) electrons. The maximum Gasteiger partial charge on any atom is 0.0840 e. The van der Waals surface area contributed by atoms with Gasteiger partial charge in [-0.1, -0.05) is 24.6 Å². The molecular formula is C13H24O2. The predicted octanol–water partition coefficient (Wildman–Crippen LogP) is 2.93. The van der Waals surface area contributed by atoms with Crippen LogP contribution in [-0.4, -0.2) is 24.9 Å². The van der Waals surface area contributed by atoms with Crippen molar-refractivity contribution in [1.29, 1.82) is 0 Å². The van der Waals surface area contributed by atoms with Crippen LogP contribution >= 0.6 is 0 Å². The summed E-state index contributed by atoms with van der Waals surface area (Å²) in [7, 11) is 1.74. The van der Waals surface area contributed by atoms with Gasteiger partial charge in [0.05, 0.1) is 12.7 Å². The lowest BCUT2D eigenvalue weighted by molar-refractivity contribution is 0.0953. The molecule has 0 aromatic heterocycles. The number of rotatable bonds is 6. The molecule has 0 fully saturated rings. The van der Waals surface area contributed by atoms with Crippen molar-refractivity contribution in [2.45, 2.75) is 40.2 Å². The molecular weight excluding hydrogens is 188 g/mol. The molecule has 88 valence electrons. The van der Waals surface area contributed by atoms with Crippen molar-refractivity contribution in [2.75, 3.05) is 13.7 Å². The van der Waals surface area contributed by atoms with Gasteiger partial charge in [-0.3, -0.25) is 0 Å². The van der Waals surface area contributed by atoms with Gasteiger partial charge < -0.3 is 9.84 Å². The van der Waals surface area contributed by atoms with Gasteiger partial charge in [0, 0.05) is 13.0 Å². The molecule has 0 unspecified atom stereocenters. The lowest BCUT2D eigenvalue weighted by atomic mass is 9.92. The Hall–Kier alpha value is -0.600. The third-order valence-corrected chi connectivity index (χ3v) is 2.77. The fraction of sp³-hybridized carbons (Fsp3) is 0.692. The molecule has 2 heteroatoms. The van der Waals surface area contributed by atoms with E-state index in [4.69, 9.17) is 9.84 Å². The summed E-state index contributed by atoms with van der Waals surface area (Å²) in [6.45, 7) is 8.32. The van der Waals surface area contributed by atoms with Crippen molar-refractivity contribution < 1.29 is 9.84 Å². The zero-order valence-corrected chi connectivity index (χ0v) is 10.6. The summed E-state index contributed by atoms with van der Waals surface area (Å²) in [6, 6.07) is 0. The van der Waals surface area contributed by atoms with Crippen molar-refractivity contribution >= 4 is 0 Å². The Morgan fingerprint density at radius 1 is 1.40 bits per heavy atom. The fourth-order valence-corrected chi connectivity index (χ4v) is 1.70. The van der Waals surface area contributed by atoms with Crippen LogP contribution in [0.5, 0.6) is 0 Å². The molecule has 2 nitrogen and oxygen atoms in total. The summed E-state index contributed by atoms with van der Waals surface area (Å²) in [5, 5.41) is 9.01. The number of methoxy groups -OCH3 is 1. The summed E-state index contributed by atoms with van der Waals surface area (Å²) in [6.07, 6.45) is 5.34. The molecule has 0 aromatic rings. The highest BCUT2D eigenvalue weighted by Crippen LogP contribution is 2.21. The normalized spacial score (nSPS) is 17.7. The van der Waals surface area contributed by atoms with Gasteiger partial charge in [-0.25, -0.2) is 0 Å². The minimum Gasteiger partial charge on any atom is -0.392 e. The van der Waals surface area contributed by atoms with Crippen molar-refractivity contribution in [1.82, 2.24) is 0 Å². The Balaban J connectivity index is 4.76. The van der Waals surface area contributed by atoms with Gasteiger partial charge in [0.2, 0.25) is 0 Å². The van der Waals surface area contributed by atoms with Gasteiger partial charge >= 0.3 is 0 Å². The average molecular weight is 212 g/mol. The number of hydrogen-bond donors (Lipinski definition) is 1. The van der Waals surface area contributed by atoms with Crippen LogP contribution in [0.1, 0.15) is 34.1 Å². The molecule has 2 atom stereocenters. The van der Waals surface area contributed by atoms with E-state index in [0.29, 0.717) is 5.92 Å². The fourth-order valence-electron chi connectivity index (χ4n) is 1.70. The van der Waals surface area contributed by atoms with Crippen LogP contribution in [0.3, 0.4) is 0 Å². The van der Waals surface area contributed by atoms with Gasteiger partial charge in [-0.2, -0.15) is 0 Å². The average Bonchev–Trinajstić information content (AvgIpc) is 2.27. The van der Waals surface area contributed by atoms with Crippen LogP contribution in [-0.2, 0) is 4.74 Å². The highest BCUT2D eigenvalue weighted by Gasteiger charge is 2.18. The molecule has 0 saturated heterocycles. The smallest absolute Gasteiger partial charge is 0.0840 e. The van der Waals surface area contributed by atoms with Gasteiger partial charge in [0.15, 0.2) is 0 Å². The van der Waals surface area contributed by atoms with E-state index in [1.165, 1.54) is 5.57 Å². The minimum absolute atomic E-state index is 0.126. The van der Waals surface area contributed by atoms with Crippen LogP contribution in [0.15, 0.2) is 23.3 Å². The monoisotopic (exact) mass is 212 g/mol. The topological polar surface area (TPSA) is 29.5 Å². The minimum atomic E-state index is 0.126. The second-order valence-electron chi connectivity index (χ2n) is 3.93. The van der Waals surface area contributed by atoms with Crippen molar-refractivity contribution in [2.24, 2.45) is 5.92 Å². The highest BCUT2D eigenvalue weighted by molar-refractivity contribution is 5.12. The third kappa shape index (κ3) is 4.63. The Labute approximate surface area is 93.6 Å². The lowest BCUT2D eigenvalue weighted by Crippen LogP contribution is -2.22. The first kappa shape index (κ1) is 14.4. The molecule has 0 amide bonds. The van der Waals surface area contributed by atoms with E-state index in [0.717, 1.165) is 12.0 Å². The Morgan fingerprint density at radius 2 is 2.00 bits per heavy atom. The lowest BCUT2D eigenvalue weighted by Gasteiger charge is -2.24. The van der Waals surface area contributed by atoms with Gasteiger partial charge in [-0.05, 0) is 32.8 Å². The standard InChI is InChI=1S/C13H24O2/c1-6-11(4)13(15-5)12(7-2)8-10(3)9-14/h6,8,12-14H,7,9H2,1-5H3/b10-8-,11-6+/t12-,13-/m0/s1. The van der Waals surface area contributed by atoms with Crippen molar-refractivity contribution in [3.8, 4) is 0 Å².